The molecule has 0 aliphatic carbocycles. The van der Waals surface area contributed by atoms with Crippen molar-refractivity contribution in [2.75, 3.05) is 0 Å². The van der Waals surface area contributed by atoms with Crippen molar-refractivity contribution in [2.24, 2.45) is 11.7 Å². The fourth-order valence-electron chi connectivity index (χ4n) is 2.37. The van der Waals surface area contributed by atoms with Crippen LogP contribution >= 0.6 is 11.3 Å². The van der Waals surface area contributed by atoms with Crippen LogP contribution < -0.4 is 5.73 Å². The molecule has 0 fully saturated rings. The molecule has 0 spiro atoms. The van der Waals surface area contributed by atoms with E-state index in [2.05, 4.69) is 49.4 Å². The van der Waals surface area contributed by atoms with E-state index in [0.717, 1.165) is 12.1 Å². The first kappa shape index (κ1) is 14.3. The van der Waals surface area contributed by atoms with Crippen LogP contribution in [0, 0.1) is 12.8 Å². The minimum atomic E-state index is 0.0611. The van der Waals surface area contributed by atoms with E-state index < -0.39 is 0 Å². The summed E-state index contributed by atoms with van der Waals surface area (Å²) in [5.41, 5.74) is 7.44. The summed E-state index contributed by atoms with van der Waals surface area (Å²) < 4.78 is 2.21. The molecule has 2 aromatic heterocycles. The lowest BCUT2D eigenvalue weighted by Crippen LogP contribution is -2.19. The van der Waals surface area contributed by atoms with E-state index in [1.54, 1.807) is 0 Å². The fourth-order valence-corrected chi connectivity index (χ4v) is 3.30. The zero-order valence-electron chi connectivity index (χ0n) is 12.1. The number of aryl methyl sites for hydroxylation is 1. The molecule has 0 aliphatic rings. The van der Waals surface area contributed by atoms with Crippen molar-refractivity contribution in [1.82, 2.24) is 9.55 Å². The summed E-state index contributed by atoms with van der Waals surface area (Å²) in [6.07, 6.45) is 4.79. The molecule has 0 saturated heterocycles. The van der Waals surface area contributed by atoms with Gasteiger partial charge in [0.05, 0.1) is 18.1 Å². The van der Waals surface area contributed by atoms with Crippen molar-refractivity contribution in [3.8, 4) is 0 Å². The quantitative estimate of drug-likeness (QED) is 0.900. The van der Waals surface area contributed by atoms with Gasteiger partial charge in [-0.25, -0.2) is 4.98 Å². The Labute approximate surface area is 119 Å². The molecule has 0 radical (unpaired) electrons. The molecule has 2 rings (SSSR count). The Balaban J connectivity index is 2.23. The van der Waals surface area contributed by atoms with Gasteiger partial charge in [-0.05, 0) is 38.3 Å². The largest absolute Gasteiger partial charge is 0.325 e. The van der Waals surface area contributed by atoms with Gasteiger partial charge in [0.2, 0.25) is 0 Å². The van der Waals surface area contributed by atoms with Gasteiger partial charge in [-0.3, -0.25) is 0 Å². The van der Waals surface area contributed by atoms with Crippen LogP contribution in [0.25, 0.3) is 0 Å². The van der Waals surface area contributed by atoms with Crippen LogP contribution in [-0.4, -0.2) is 9.55 Å². The van der Waals surface area contributed by atoms with Gasteiger partial charge in [-0.2, -0.15) is 0 Å². The van der Waals surface area contributed by atoms with Crippen LogP contribution in [-0.2, 0) is 0 Å². The summed E-state index contributed by atoms with van der Waals surface area (Å²) in [7, 11) is 0. The van der Waals surface area contributed by atoms with Gasteiger partial charge in [0.1, 0.15) is 0 Å². The van der Waals surface area contributed by atoms with Crippen LogP contribution in [0.4, 0.5) is 0 Å². The van der Waals surface area contributed by atoms with Gasteiger partial charge < -0.3 is 10.3 Å². The Morgan fingerprint density at radius 1 is 1.32 bits per heavy atom. The summed E-state index contributed by atoms with van der Waals surface area (Å²) in [6.45, 7) is 8.75. The van der Waals surface area contributed by atoms with Crippen LogP contribution in [0.2, 0.25) is 0 Å². The molecule has 19 heavy (non-hydrogen) atoms. The fraction of sp³-hybridized carbons (Fsp3) is 0.533. The molecule has 3 nitrogen and oxygen atoms in total. The van der Waals surface area contributed by atoms with E-state index in [9.17, 15) is 0 Å². The number of imidazole rings is 1. The Bertz CT molecular complexity index is 527. The Morgan fingerprint density at radius 2 is 2.05 bits per heavy atom. The maximum Gasteiger partial charge on any atom is 0.0954 e. The molecule has 2 aromatic rings. The zero-order valence-corrected chi connectivity index (χ0v) is 12.9. The van der Waals surface area contributed by atoms with Gasteiger partial charge in [-0.1, -0.05) is 13.8 Å². The topological polar surface area (TPSA) is 43.8 Å². The Morgan fingerprint density at radius 3 is 2.63 bits per heavy atom. The lowest BCUT2D eigenvalue weighted by atomic mass is 10.0. The Hall–Kier alpha value is -1.13. The minimum Gasteiger partial charge on any atom is -0.325 e. The van der Waals surface area contributed by atoms with Crippen LogP contribution in [0.15, 0.2) is 24.7 Å². The highest BCUT2D eigenvalue weighted by molar-refractivity contribution is 7.12. The van der Waals surface area contributed by atoms with Gasteiger partial charge in [0.25, 0.3) is 0 Å². The van der Waals surface area contributed by atoms with Gasteiger partial charge in [-0.15, -0.1) is 11.3 Å². The molecule has 0 saturated carbocycles. The first-order chi connectivity index (χ1) is 8.99. The van der Waals surface area contributed by atoms with E-state index in [0.29, 0.717) is 12.0 Å². The number of hydrogen-bond acceptors (Lipinski definition) is 3. The molecule has 104 valence electrons. The summed E-state index contributed by atoms with van der Waals surface area (Å²) in [5, 5.41) is 0. The molecular weight excluding hydrogens is 254 g/mol. The van der Waals surface area contributed by atoms with Crippen molar-refractivity contribution in [1.29, 1.82) is 0 Å². The number of hydrogen-bond donors (Lipinski definition) is 1. The maximum atomic E-state index is 6.30. The van der Waals surface area contributed by atoms with Crippen LogP contribution in [0.3, 0.4) is 0 Å². The number of nitrogens with two attached hydrogens (primary N) is 1. The molecule has 2 atom stereocenters. The third-order valence-corrected chi connectivity index (χ3v) is 4.56. The summed E-state index contributed by atoms with van der Waals surface area (Å²) >= 11 is 1.84. The normalized spacial score (nSPS) is 14.8. The third kappa shape index (κ3) is 3.25. The molecule has 2 unspecified atom stereocenters. The van der Waals surface area contributed by atoms with Crippen LogP contribution in [0.1, 0.15) is 54.7 Å². The van der Waals surface area contributed by atoms with E-state index in [1.165, 1.54) is 9.75 Å². The van der Waals surface area contributed by atoms with Crippen molar-refractivity contribution in [2.45, 2.75) is 46.2 Å². The Kier molecular flexibility index (Phi) is 4.42. The van der Waals surface area contributed by atoms with Crippen molar-refractivity contribution in [3.63, 3.8) is 0 Å². The van der Waals surface area contributed by atoms with E-state index in [1.807, 2.05) is 23.9 Å². The first-order valence-electron chi connectivity index (χ1n) is 6.82. The maximum absolute atomic E-state index is 6.30. The average Bonchev–Trinajstić information content (AvgIpc) is 2.95. The first-order valence-corrected chi connectivity index (χ1v) is 7.64. The molecule has 0 aromatic carbocycles. The number of rotatable bonds is 5. The third-order valence-electron chi connectivity index (χ3n) is 3.39. The molecule has 2 heterocycles. The summed E-state index contributed by atoms with van der Waals surface area (Å²) in [5.74, 6) is 0.595. The predicted molar refractivity (Wildman–Crippen MR) is 81.5 cm³/mol. The summed E-state index contributed by atoms with van der Waals surface area (Å²) in [6, 6.07) is 4.73. The minimum absolute atomic E-state index is 0.0611. The highest BCUT2D eigenvalue weighted by Crippen LogP contribution is 2.29. The molecule has 2 N–H and O–H groups in total. The monoisotopic (exact) mass is 277 g/mol. The van der Waals surface area contributed by atoms with Gasteiger partial charge >= 0.3 is 0 Å². The number of thiophene rings is 1. The lowest BCUT2D eigenvalue weighted by Gasteiger charge is -2.20. The second kappa shape index (κ2) is 5.88. The standard InChI is InChI=1S/C15H23N3S/c1-10(2)7-13(16)14-8-17-9-18(14)12(4)15-6-5-11(3)19-15/h5-6,8-10,12-13H,7,16H2,1-4H3. The molecular formula is C15H23N3S. The average molecular weight is 277 g/mol. The molecule has 4 heteroatoms. The SMILES string of the molecule is Cc1ccc(C(C)n2cncc2C(N)CC(C)C)s1. The van der Waals surface area contributed by atoms with Crippen LogP contribution in [0.5, 0.6) is 0 Å². The van der Waals surface area contributed by atoms with Gasteiger partial charge in [0, 0.05) is 22.0 Å². The molecule has 0 amide bonds. The van der Waals surface area contributed by atoms with E-state index in [-0.39, 0.29) is 6.04 Å². The van der Waals surface area contributed by atoms with E-state index in [4.69, 9.17) is 5.73 Å². The number of aromatic nitrogens is 2. The second-order valence-corrected chi connectivity index (χ2v) is 6.91. The molecule has 0 bridgehead atoms. The predicted octanol–water partition coefficient (Wildman–Crippen LogP) is 3.91. The van der Waals surface area contributed by atoms with Crippen molar-refractivity contribution >= 4 is 11.3 Å². The van der Waals surface area contributed by atoms with E-state index >= 15 is 0 Å². The summed E-state index contributed by atoms with van der Waals surface area (Å²) in [4.78, 5) is 6.99. The second-order valence-electron chi connectivity index (χ2n) is 5.59. The highest BCUT2D eigenvalue weighted by Gasteiger charge is 2.18. The van der Waals surface area contributed by atoms with Crippen molar-refractivity contribution in [3.05, 3.63) is 40.1 Å². The zero-order chi connectivity index (χ0) is 14.0. The lowest BCUT2D eigenvalue weighted by molar-refractivity contribution is 0.476. The highest BCUT2D eigenvalue weighted by atomic mass is 32.1. The number of nitrogens with zero attached hydrogens (tertiary/aromatic N) is 2. The van der Waals surface area contributed by atoms with Crippen molar-refractivity contribution < 1.29 is 0 Å². The molecule has 0 aliphatic heterocycles. The van der Waals surface area contributed by atoms with Gasteiger partial charge in [0.15, 0.2) is 0 Å². The smallest absolute Gasteiger partial charge is 0.0954 e.